The summed E-state index contributed by atoms with van der Waals surface area (Å²) in [7, 11) is 4.92. The minimum absolute atomic E-state index is 0.296. The molecule has 0 saturated heterocycles. The van der Waals surface area contributed by atoms with E-state index in [2.05, 4.69) is 20.1 Å². The fourth-order valence-corrected chi connectivity index (χ4v) is 4.95. The van der Waals surface area contributed by atoms with Crippen LogP contribution in [0.3, 0.4) is 0 Å². The van der Waals surface area contributed by atoms with Crippen LogP contribution < -0.4 is 7.80 Å². The number of alkyl halides is 2. The normalized spacial score (nSPS) is 11.4. The van der Waals surface area contributed by atoms with E-state index in [0.717, 1.165) is 17.0 Å². The number of benzene rings is 1. The molecule has 0 saturated carbocycles. The predicted molar refractivity (Wildman–Crippen MR) is 125 cm³/mol. The van der Waals surface area contributed by atoms with E-state index in [1.807, 2.05) is 34.9 Å². The topological polar surface area (TPSA) is 89.8 Å². The van der Waals surface area contributed by atoms with Crippen LogP contribution in [0.4, 0.5) is 0 Å². The summed E-state index contributed by atoms with van der Waals surface area (Å²) >= 11 is -1.58. The molecule has 0 unspecified atom stereocenters. The number of methoxy groups -OCH3 is 3. The fraction of sp³-hybridized carbons (Fsp3) is 0.381. The SMILES string of the molecule is COCCOCc1nnc(-c2ccc(OI(C)COC)cc2)n1-c1ccc(OC)nc1. The van der Waals surface area contributed by atoms with Crippen LogP contribution >= 0.6 is 20.2 Å². The van der Waals surface area contributed by atoms with Crippen LogP contribution in [-0.4, -0.2) is 63.8 Å². The van der Waals surface area contributed by atoms with Gasteiger partial charge in [-0.25, -0.2) is 0 Å². The molecule has 0 N–H and O–H groups in total. The Bertz CT molecular complexity index is 934. The van der Waals surface area contributed by atoms with Crippen molar-refractivity contribution in [2.75, 3.05) is 44.1 Å². The van der Waals surface area contributed by atoms with Gasteiger partial charge in [0, 0.05) is 7.11 Å². The van der Waals surface area contributed by atoms with Crippen LogP contribution in [0.5, 0.6) is 11.6 Å². The molecular formula is C21H27IN4O5. The van der Waals surface area contributed by atoms with E-state index in [1.165, 1.54) is 0 Å². The summed E-state index contributed by atoms with van der Waals surface area (Å²) in [6, 6.07) is 11.5. The Kier molecular flexibility index (Phi) is 9.00. The van der Waals surface area contributed by atoms with E-state index < -0.39 is 20.2 Å². The summed E-state index contributed by atoms with van der Waals surface area (Å²) in [4.78, 5) is 6.43. The van der Waals surface area contributed by atoms with Gasteiger partial charge in [-0.15, -0.1) is 0 Å². The number of ether oxygens (including phenoxy) is 4. The summed E-state index contributed by atoms with van der Waals surface area (Å²) in [5, 5.41) is 8.77. The first-order valence-corrected chi connectivity index (χ1v) is 14.1. The Labute approximate surface area is 189 Å². The maximum atomic E-state index is 6.00. The Morgan fingerprint density at radius 3 is 2.39 bits per heavy atom. The number of rotatable bonds is 12. The van der Waals surface area contributed by atoms with Gasteiger partial charge in [0.25, 0.3) is 0 Å². The zero-order valence-electron chi connectivity index (χ0n) is 18.1. The van der Waals surface area contributed by atoms with E-state index in [-0.39, 0.29) is 0 Å². The third-order valence-electron chi connectivity index (χ3n) is 4.18. The average molecular weight is 542 g/mol. The summed E-state index contributed by atoms with van der Waals surface area (Å²) in [5.41, 5.74) is 1.72. The second-order valence-electron chi connectivity index (χ2n) is 6.41. The molecule has 31 heavy (non-hydrogen) atoms. The van der Waals surface area contributed by atoms with Crippen molar-refractivity contribution in [2.24, 2.45) is 0 Å². The first-order chi connectivity index (χ1) is 15.2. The van der Waals surface area contributed by atoms with Crippen molar-refractivity contribution < 1.29 is 22.0 Å². The summed E-state index contributed by atoms with van der Waals surface area (Å²) in [6.45, 7) is 1.28. The van der Waals surface area contributed by atoms with Crippen LogP contribution in [0.1, 0.15) is 5.82 Å². The summed E-state index contributed by atoms with van der Waals surface area (Å²) in [5.74, 6) is 2.72. The first-order valence-electron chi connectivity index (χ1n) is 9.51. The molecule has 9 nitrogen and oxygen atoms in total. The predicted octanol–water partition coefficient (Wildman–Crippen LogP) is 3.53. The summed E-state index contributed by atoms with van der Waals surface area (Å²) in [6.07, 6.45) is 1.72. The molecule has 0 aliphatic heterocycles. The molecule has 0 aliphatic rings. The van der Waals surface area contributed by atoms with Gasteiger partial charge >= 0.3 is 171 Å². The summed E-state index contributed by atoms with van der Waals surface area (Å²) < 4.78 is 29.7. The van der Waals surface area contributed by atoms with Crippen LogP contribution in [0, 0.1) is 0 Å². The third kappa shape index (κ3) is 6.35. The van der Waals surface area contributed by atoms with Crippen molar-refractivity contribution in [2.45, 2.75) is 6.61 Å². The van der Waals surface area contributed by atoms with Gasteiger partial charge in [-0.2, -0.15) is 0 Å². The minimum atomic E-state index is -1.58. The van der Waals surface area contributed by atoms with E-state index in [1.54, 1.807) is 33.6 Å². The first kappa shape index (κ1) is 23.4. The number of aromatic nitrogens is 4. The van der Waals surface area contributed by atoms with Gasteiger partial charge in [0.1, 0.15) is 0 Å². The van der Waals surface area contributed by atoms with Crippen LogP contribution in [0.15, 0.2) is 42.6 Å². The molecule has 0 fully saturated rings. The number of nitrogens with zero attached hydrogens (tertiary/aromatic N) is 4. The van der Waals surface area contributed by atoms with Crippen LogP contribution in [-0.2, 0) is 20.8 Å². The number of hydrogen-bond donors (Lipinski definition) is 0. The van der Waals surface area contributed by atoms with Gasteiger partial charge in [0.05, 0.1) is 7.11 Å². The average Bonchev–Trinajstić information content (AvgIpc) is 3.21. The molecule has 0 radical (unpaired) electrons. The molecule has 1 aromatic carbocycles. The van der Waals surface area contributed by atoms with E-state index in [0.29, 0.717) is 42.0 Å². The van der Waals surface area contributed by atoms with E-state index in [4.69, 9.17) is 22.0 Å². The van der Waals surface area contributed by atoms with Crippen molar-refractivity contribution >= 4 is 20.2 Å². The quantitative estimate of drug-likeness (QED) is 0.195. The van der Waals surface area contributed by atoms with Gasteiger partial charge in [-0.3, -0.25) is 0 Å². The molecule has 0 amide bonds. The van der Waals surface area contributed by atoms with Crippen LogP contribution in [0.2, 0.25) is 0 Å². The molecule has 0 aliphatic carbocycles. The van der Waals surface area contributed by atoms with Gasteiger partial charge in [-0.05, 0) is 0 Å². The van der Waals surface area contributed by atoms with Gasteiger partial charge in [0.2, 0.25) is 0 Å². The Balaban J connectivity index is 1.89. The molecule has 10 heteroatoms. The van der Waals surface area contributed by atoms with E-state index >= 15 is 0 Å². The maximum absolute atomic E-state index is 6.00. The Hall–Kier alpha value is -2.28. The van der Waals surface area contributed by atoms with Gasteiger partial charge in [-0.1, -0.05) is 0 Å². The fourth-order valence-electron chi connectivity index (χ4n) is 2.78. The van der Waals surface area contributed by atoms with Crippen molar-refractivity contribution in [3.05, 3.63) is 48.4 Å². The zero-order chi connectivity index (χ0) is 22.1. The molecule has 168 valence electrons. The van der Waals surface area contributed by atoms with Crippen LogP contribution in [0.25, 0.3) is 17.1 Å². The monoisotopic (exact) mass is 542 g/mol. The standard InChI is InChI=1S/C21H27IN4O5/c1-22(15-28-3)31-18-8-5-16(6-9-18)21-25-24-19(14-30-12-11-27-2)26(21)17-7-10-20(29-4)23-13-17/h5-10,13H,11-12,14-15H2,1-4H3. The molecule has 3 aromatic rings. The molecule has 0 spiro atoms. The number of hydrogen-bond acceptors (Lipinski definition) is 8. The third-order valence-corrected chi connectivity index (χ3v) is 6.94. The van der Waals surface area contributed by atoms with Crippen molar-refractivity contribution in [1.29, 1.82) is 0 Å². The molecule has 2 aromatic heterocycles. The second kappa shape index (κ2) is 11.9. The molecular weight excluding hydrogens is 515 g/mol. The Morgan fingerprint density at radius 2 is 1.74 bits per heavy atom. The van der Waals surface area contributed by atoms with Crippen molar-refractivity contribution in [3.8, 4) is 28.7 Å². The molecule has 3 rings (SSSR count). The second-order valence-corrected chi connectivity index (χ2v) is 10.5. The molecule has 0 bridgehead atoms. The number of pyridine rings is 1. The number of halogens is 1. The molecule has 2 heterocycles. The van der Waals surface area contributed by atoms with Gasteiger partial charge < -0.3 is 4.74 Å². The van der Waals surface area contributed by atoms with Crippen molar-refractivity contribution in [3.63, 3.8) is 0 Å². The Morgan fingerprint density at radius 1 is 0.935 bits per heavy atom. The van der Waals surface area contributed by atoms with Gasteiger partial charge in [0.15, 0.2) is 0 Å². The van der Waals surface area contributed by atoms with Crippen molar-refractivity contribution in [1.82, 2.24) is 19.7 Å². The zero-order valence-corrected chi connectivity index (χ0v) is 20.2. The van der Waals surface area contributed by atoms with E-state index in [9.17, 15) is 0 Å². The molecule has 0 atom stereocenters.